The van der Waals surface area contributed by atoms with Crippen LogP contribution in [0.3, 0.4) is 0 Å². The highest BCUT2D eigenvalue weighted by atomic mass is 32.2. The van der Waals surface area contributed by atoms with Gasteiger partial charge >= 0.3 is 6.03 Å². The van der Waals surface area contributed by atoms with Crippen molar-refractivity contribution in [2.45, 2.75) is 50.1 Å². The maximum Gasteiger partial charge on any atom is 0.319 e. The first-order chi connectivity index (χ1) is 16.9. The minimum atomic E-state index is -3.73. The van der Waals surface area contributed by atoms with Crippen molar-refractivity contribution in [3.8, 4) is 5.75 Å². The van der Waals surface area contributed by atoms with Crippen molar-refractivity contribution in [3.05, 3.63) is 41.3 Å². The predicted molar refractivity (Wildman–Crippen MR) is 139 cm³/mol. The standard InChI is InChI=1S/C24H34N4O6S2/c1-15(2)25-24(31)26-19-9-6-8-18-22(19)34-20(16(3)12-28(23(18)30)17(4)14-29)13-27(5)36(32,33)21-10-7-11-35-21/h6-11,15-17,20,29H,12-14H2,1-5H3,(H2,25,26,31)/t16-,17-,20+/m0/s1. The number of hydrogen-bond donors (Lipinski definition) is 3. The Kier molecular flexibility index (Phi) is 8.98. The van der Waals surface area contributed by atoms with E-state index in [1.165, 1.54) is 11.4 Å². The summed E-state index contributed by atoms with van der Waals surface area (Å²) in [7, 11) is -2.24. The lowest BCUT2D eigenvalue weighted by Crippen LogP contribution is -2.50. The second-order valence-electron chi connectivity index (χ2n) is 9.28. The summed E-state index contributed by atoms with van der Waals surface area (Å²) >= 11 is 1.13. The fraction of sp³-hybridized carbons (Fsp3) is 0.500. The molecule has 3 atom stereocenters. The summed E-state index contributed by atoms with van der Waals surface area (Å²) in [6.07, 6.45) is -0.652. The summed E-state index contributed by atoms with van der Waals surface area (Å²) in [5.74, 6) is -0.478. The lowest BCUT2D eigenvalue weighted by atomic mass is 9.99. The number of hydrogen-bond acceptors (Lipinski definition) is 7. The number of para-hydroxylation sites is 1. The first-order valence-electron chi connectivity index (χ1n) is 11.7. The molecular formula is C24H34N4O6S2. The number of aliphatic hydroxyl groups excluding tert-OH is 1. The summed E-state index contributed by atoms with van der Waals surface area (Å²) in [6.45, 7) is 7.29. The number of nitrogens with one attached hydrogen (secondary N) is 2. The van der Waals surface area contributed by atoms with E-state index < -0.39 is 28.2 Å². The number of amides is 3. The van der Waals surface area contributed by atoms with Gasteiger partial charge in [0.2, 0.25) is 0 Å². The highest BCUT2D eigenvalue weighted by Gasteiger charge is 2.36. The Bertz CT molecular complexity index is 1170. The Hall–Kier alpha value is -2.67. The molecule has 1 aliphatic heterocycles. The van der Waals surface area contributed by atoms with Gasteiger partial charge in [-0.3, -0.25) is 4.79 Å². The molecule has 0 saturated carbocycles. The van der Waals surface area contributed by atoms with Crippen LogP contribution >= 0.6 is 11.3 Å². The molecule has 1 aliphatic rings. The SMILES string of the molecule is CC(C)NC(=O)Nc1cccc2c1O[C@H](CN(C)S(=O)(=O)c1cccs1)[C@@H](C)CN([C@@H](C)CO)C2=O. The fourth-order valence-electron chi connectivity index (χ4n) is 3.90. The number of sulfonamides is 1. The van der Waals surface area contributed by atoms with Crippen LogP contribution in [0.4, 0.5) is 10.5 Å². The lowest BCUT2D eigenvalue weighted by Gasteiger charge is -2.38. The average molecular weight is 539 g/mol. The summed E-state index contributed by atoms with van der Waals surface area (Å²) in [5.41, 5.74) is 0.511. The number of carbonyl (C=O) groups is 2. The zero-order chi connectivity index (χ0) is 26.6. The first kappa shape index (κ1) is 27.9. The zero-order valence-electron chi connectivity index (χ0n) is 21.1. The van der Waals surface area contributed by atoms with Crippen LogP contribution in [0.25, 0.3) is 0 Å². The number of aliphatic hydroxyl groups is 1. The number of rotatable bonds is 8. The molecule has 10 nitrogen and oxygen atoms in total. The number of likely N-dealkylation sites (N-methyl/N-ethyl adjacent to an activating group) is 1. The number of anilines is 1. The Morgan fingerprint density at radius 3 is 2.61 bits per heavy atom. The Morgan fingerprint density at radius 1 is 1.28 bits per heavy atom. The third-order valence-electron chi connectivity index (χ3n) is 5.96. The smallest absolute Gasteiger partial charge is 0.319 e. The summed E-state index contributed by atoms with van der Waals surface area (Å²) in [4.78, 5) is 27.5. The molecule has 0 saturated heterocycles. The van der Waals surface area contributed by atoms with Crippen molar-refractivity contribution in [3.63, 3.8) is 0 Å². The molecule has 0 fully saturated rings. The number of fused-ring (bicyclic) bond motifs is 1. The molecule has 0 spiro atoms. The molecule has 0 radical (unpaired) electrons. The predicted octanol–water partition coefficient (Wildman–Crippen LogP) is 2.82. The molecule has 1 aromatic carbocycles. The largest absolute Gasteiger partial charge is 0.486 e. The molecule has 2 aromatic rings. The topological polar surface area (TPSA) is 128 Å². The molecule has 3 amide bonds. The number of nitrogens with zero attached hydrogens (tertiary/aromatic N) is 2. The maximum absolute atomic E-state index is 13.5. The third kappa shape index (κ3) is 6.17. The van der Waals surface area contributed by atoms with Crippen LogP contribution in [0.1, 0.15) is 38.1 Å². The Balaban J connectivity index is 2.02. The molecule has 0 bridgehead atoms. The minimum Gasteiger partial charge on any atom is -0.486 e. The van der Waals surface area contributed by atoms with E-state index in [2.05, 4.69) is 10.6 Å². The number of benzene rings is 1. The number of carbonyl (C=O) groups excluding carboxylic acids is 2. The molecule has 0 unspecified atom stereocenters. The van der Waals surface area contributed by atoms with E-state index in [4.69, 9.17) is 4.74 Å². The van der Waals surface area contributed by atoms with Crippen LogP contribution in [-0.4, -0.2) is 79.6 Å². The van der Waals surface area contributed by atoms with Gasteiger partial charge in [0.1, 0.15) is 10.3 Å². The molecule has 12 heteroatoms. The van der Waals surface area contributed by atoms with Crippen LogP contribution in [0.15, 0.2) is 39.9 Å². The molecule has 198 valence electrons. The van der Waals surface area contributed by atoms with Gasteiger partial charge < -0.3 is 25.4 Å². The summed E-state index contributed by atoms with van der Waals surface area (Å²) in [5, 5.41) is 17.0. The highest BCUT2D eigenvalue weighted by Crippen LogP contribution is 2.35. The average Bonchev–Trinajstić information content (AvgIpc) is 3.36. The van der Waals surface area contributed by atoms with Crippen molar-refractivity contribution in [2.24, 2.45) is 5.92 Å². The summed E-state index contributed by atoms with van der Waals surface area (Å²) < 4.78 is 34.0. The van der Waals surface area contributed by atoms with E-state index >= 15 is 0 Å². The van der Waals surface area contributed by atoms with Gasteiger partial charge in [0.25, 0.3) is 15.9 Å². The lowest BCUT2D eigenvalue weighted by molar-refractivity contribution is 0.0389. The molecule has 0 aliphatic carbocycles. The Morgan fingerprint density at radius 2 is 2.00 bits per heavy atom. The van der Waals surface area contributed by atoms with Crippen molar-refractivity contribution in [2.75, 3.05) is 32.1 Å². The van der Waals surface area contributed by atoms with Gasteiger partial charge in [-0.1, -0.05) is 19.1 Å². The van der Waals surface area contributed by atoms with Gasteiger partial charge in [-0.2, -0.15) is 4.31 Å². The number of thiophene rings is 1. The van der Waals surface area contributed by atoms with Crippen LogP contribution in [0, 0.1) is 5.92 Å². The number of urea groups is 1. The molecule has 2 heterocycles. The van der Waals surface area contributed by atoms with Crippen LogP contribution in [0.2, 0.25) is 0 Å². The van der Waals surface area contributed by atoms with Gasteiger partial charge in [-0.25, -0.2) is 13.2 Å². The van der Waals surface area contributed by atoms with Crippen LogP contribution in [-0.2, 0) is 10.0 Å². The monoisotopic (exact) mass is 538 g/mol. The second kappa shape index (κ2) is 11.6. The van der Waals surface area contributed by atoms with Gasteiger partial charge in [0, 0.05) is 25.6 Å². The first-order valence-corrected chi connectivity index (χ1v) is 14.1. The van der Waals surface area contributed by atoms with Gasteiger partial charge in [0.15, 0.2) is 5.75 Å². The molecule has 1 aromatic heterocycles. The van der Waals surface area contributed by atoms with E-state index in [1.54, 1.807) is 47.5 Å². The van der Waals surface area contributed by atoms with E-state index in [0.29, 0.717) is 5.69 Å². The third-order valence-corrected chi connectivity index (χ3v) is 9.15. The number of ether oxygens (including phenoxy) is 1. The van der Waals surface area contributed by atoms with Crippen LogP contribution < -0.4 is 15.4 Å². The molecular weight excluding hydrogens is 504 g/mol. The van der Waals surface area contributed by atoms with Crippen molar-refractivity contribution >= 4 is 39.0 Å². The zero-order valence-corrected chi connectivity index (χ0v) is 22.7. The highest BCUT2D eigenvalue weighted by molar-refractivity contribution is 7.91. The van der Waals surface area contributed by atoms with Crippen molar-refractivity contribution < 1.29 is 27.9 Å². The van der Waals surface area contributed by atoms with Crippen molar-refractivity contribution in [1.29, 1.82) is 0 Å². The van der Waals surface area contributed by atoms with E-state index in [9.17, 15) is 23.1 Å². The molecule has 36 heavy (non-hydrogen) atoms. The summed E-state index contributed by atoms with van der Waals surface area (Å²) in [6, 6.07) is 7.05. The van der Waals surface area contributed by atoms with Crippen LogP contribution in [0.5, 0.6) is 5.75 Å². The maximum atomic E-state index is 13.5. The normalized spacial score (nSPS) is 19.3. The van der Waals surface area contributed by atoms with Gasteiger partial charge in [-0.15, -0.1) is 11.3 Å². The van der Waals surface area contributed by atoms with E-state index in [0.717, 1.165) is 11.3 Å². The van der Waals surface area contributed by atoms with Crippen molar-refractivity contribution in [1.82, 2.24) is 14.5 Å². The van der Waals surface area contributed by atoms with E-state index in [-0.39, 0.29) is 53.1 Å². The van der Waals surface area contributed by atoms with E-state index in [1.807, 2.05) is 20.8 Å². The fourth-order valence-corrected chi connectivity index (χ4v) is 6.28. The minimum absolute atomic E-state index is 0.0168. The molecule has 3 rings (SSSR count). The van der Waals surface area contributed by atoms with Gasteiger partial charge in [0.05, 0.1) is 30.4 Å². The van der Waals surface area contributed by atoms with Gasteiger partial charge in [-0.05, 0) is 44.4 Å². The molecule has 3 N–H and O–H groups in total. The quantitative estimate of drug-likeness (QED) is 0.474. The Labute approximate surface area is 216 Å². The second-order valence-corrected chi connectivity index (χ2v) is 12.5.